The van der Waals surface area contributed by atoms with Gasteiger partial charge >= 0.3 is 5.97 Å². The number of nitrogens with zero attached hydrogens (tertiary/aromatic N) is 2. The van der Waals surface area contributed by atoms with Gasteiger partial charge in [0.2, 0.25) is 5.91 Å². The second-order valence-corrected chi connectivity index (χ2v) is 4.15. The van der Waals surface area contributed by atoms with Crippen molar-refractivity contribution >= 4 is 11.9 Å². The van der Waals surface area contributed by atoms with Crippen LogP contribution in [0.15, 0.2) is 6.20 Å². The molecule has 0 spiro atoms. The number of amides is 1. The summed E-state index contributed by atoms with van der Waals surface area (Å²) in [4.78, 5) is 27.3. The summed E-state index contributed by atoms with van der Waals surface area (Å²) < 4.78 is 6.19. The normalized spacial score (nSPS) is 12.0. The maximum Gasteiger partial charge on any atom is 0.356 e. The van der Waals surface area contributed by atoms with Crippen molar-refractivity contribution in [3.8, 4) is 0 Å². The molecule has 0 aliphatic rings. The van der Waals surface area contributed by atoms with Crippen molar-refractivity contribution in [3.05, 3.63) is 17.7 Å². The topological polar surface area (TPSA) is 73.2 Å². The maximum absolute atomic E-state index is 11.8. The van der Waals surface area contributed by atoms with Crippen molar-refractivity contribution < 1.29 is 14.3 Å². The standard InChI is InChI=1S/C12H19N3O3/c1-5-8(2)14-11(16)7-15-9(3)13-6-10(15)12(17)18-4/h6,8H,5,7H2,1-4H3,(H,14,16). The number of rotatable bonds is 5. The highest BCUT2D eigenvalue weighted by Gasteiger charge is 2.17. The molecule has 1 atom stereocenters. The number of aryl methyl sites for hydroxylation is 1. The van der Waals surface area contributed by atoms with E-state index in [-0.39, 0.29) is 24.2 Å². The third kappa shape index (κ3) is 3.32. The average Bonchev–Trinajstić information content (AvgIpc) is 2.70. The number of imidazole rings is 1. The van der Waals surface area contributed by atoms with Crippen LogP contribution in [0.2, 0.25) is 0 Å². The molecule has 0 aliphatic heterocycles. The molecule has 6 heteroatoms. The molecule has 1 unspecified atom stereocenters. The van der Waals surface area contributed by atoms with E-state index in [1.165, 1.54) is 13.3 Å². The zero-order chi connectivity index (χ0) is 13.7. The highest BCUT2D eigenvalue weighted by Crippen LogP contribution is 2.06. The summed E-state index contributed by atoms with van der Waals surface area (Å²) in [6, 6.07) is 0.114. The monoisotopic (exact) mass is 253 g/mol. The number of carbonyl (C=O) groups is 2. The first-order chi connectivity index (χ1) is 8.49. The molecular weight excluding hydrogens is 234 g/mol. The average molecular weight is 253 g/mol. The molecule has 0 fully saturated rings. The van der Waals surface area contributed by atoms with Gasteiger partial charge in [-0.15, -0.1) is 0 Å². The number of hydrogen-bond acceptors (Lipinski definition) is 4. The number of esters is 1. The summed E-state index contributed by atoms with van der Waals surface area (Å²) >= 11 is 0. The lowest BCUT2D eigenvalue weighted by atomic mass is 10.2. The van der Waals surface area contributed by atoms with E-state index < -0.39 is 5.97 Å². The molecular formula is C12H19N3O3. The Kier molecular flexibility index (Phi) is 4.88. The third-order valence-corrected chi connectivity index (χ3v) is 2.77. The van der Waals surface area contributed by atoms with E-state index in [1.807, 2.05) is 13.8 Å². The second-order valence-electron chi connectivity index (χ2n) is 4.15. The highest BCUT2D eigenvalue weighted by molar-refractivity contribution is 5.88. The van der Waals surface area contributed by atoms with Crippen LogP contribution in [0.5, 0.6) is 0 Å². The van der Waals surface area contributed by atoms with Gasteiger partial charge in [0, 0.05) is 6.04 Å². The van der Waals surface area contributed by atoms with Gasteiger partial charge in [-0.3, -0.25) is 4.79 Å². The van der Waals surface area contributed by atoms with E-state index in [9.17, 15) is 9.59 Å². The van der Waals surface area contributed by atoms with Gasteiger partial charge in [0.05, 0.1) is 13.3 Å². The van der Waals surface area contributed by atoms with Gasteiger partial charge in [0.25, 0.3) is 0 Å². The molecule has 18 heavy (non-hydrogen) atoms. The Bertz CT molecular complexity index is 440. The van der Waals surface area contributed by atoms with Crippen LogP contribution >= 0.6 is 0 Å². The van der Waals surface area contributed by atoms with Gasteiger partial charge in [0.15, 0.2) is 0 Å². The summed E-state index contributed by atoms with van der Waals surface area (Å²) in [7, 11) is 1.30. The zero-order valence-corrected chi connectivity index (χ0v) is 11.2. The van der Waals surface area contributed by atoms with Gasteiger partial charge in [-0.25, -0.2) is 9.78 Å². The first-order valence-corrected chi connectivity index (χ1v) is 5.89. The fourth-order valence-electron chi connectivity index (χ4n) is 1.50. The molecule has 6 nitrogen and oxygen atoms in total. The van der Waals surface area contributed by atoms with E-state index in [0.29, 0.717) is 5.82 Å². The van der Waals surface area contributed by atoms with Gasteiger partial charge in [-0.2, -0.15) is 0 Å². The van der Waals surface area contributed by atoms with E-state index in [2.05, 4.69) is 15.0 Å². The first-order valence-electron chi connectivity index (χ1n) is 5.89. The maximum atomic E-state index is 11.8. The molecule has 1 rings (SSSR count). The first kappa shape index (κ1) is 14.2. The fourth-order valence-corrected chi connectivity index (χ4v) is 1.50. The smallest absolute Gasteiger partial charge is 0.356 e. The third-order valence-electron chi connectivity index (χ3n) is 2.77. The SMILES string of the molecule is CCC(C)NC(=O)Cn1c(C(=O)OC)cnc1C. The van der Waals surface area contributed by atoms with E-state index in [1.54, 1.807) is 11.5 Å². The van der Waals surface area contributed by atoms with Crippen LogP contribution in [0.25, 0.3) is 0 Å². The van der Waals surface area contributed by atoms with Crippen molar-refractivity contribution in [1.29, 1.82) is 0 Å². The fraction of sp³-hybridized carbons (Fsp3) is 0.583. The molecule has 1 aromatic rings. The van der Waals surface area contributed by atoms with E-state index in [4.69, 9.17) is 0 Å². The summed E-state index contributed by atoms with van der Waals surface area (Å²) in [6.07, 6.45) is 2.27. The van der Waals surface area contributed by atoms with Gasteiger partial charge in [0.1, 0.15) is 18.1 Å². The Morgan fingerprint density at radius 3 is 2.78 bits per heavy atom. The molecule has 1 N–H and O–H groups in total. The van der Waals surface area contributed by atoms with Crippen molar-refractivity contribution in [2.75, 3.05) is 7.11 Å². The molecule has 1 aromatic heterocycles. The summed E-state index contributed by atoms with van der Waals surface area (Å²) in [5, 5.41) is 2.84. The van der Waals surface area contributed by atoms with Crippen LogP contribution in [0.3, 0.4) is 0 Å². The molecule has 0 aromatic carbocycles. The Labute approximate surface area is 106 Å². The minimum absolute atomic E-state index is 0.0700. The lowest BCUT2D eigenvalue weighted by Gasteiger charge is -2.13. The predicted molar refractivity (Wildman–Crippen MR) is 66.2 cm³/mol. The van der Waals surface area contributed by atoms with Crippen LogP contribution in [-0.2, 0) is 16.1 Å². The molecule has 1 heterocycles. The molecule has 0 radical (unpaired) electrons. The number of carbonyl (C=O) groups excluding carboxylic acids is 2. The summed E-state index contributed by atoms with van der Waals surface area (Å²) in [6.45, 7) is 5.73. The Hall–Kier alpha value is -1.85. The van der Waals surface area contributed by atoms with Gasteiger partial charge in [-0.1, -0.05) is 6.92 Å². The Morgan fingerprint density at radius 2 is 2.22 bits per heavy atom. The van der Waals surface area contributed by atoms with Gasteiger partial charge in [-0.05, 0) is 20.3 Å². The quantitative estimate of drug-likeness (QED) is 0.791. The largest absolute Gasteiger partial charge is 0.464 e. The summed E-state index contributed by atoms with van der Waals surface area (Å²) in [5.74, 6) is -0.0303. The number of methoxy groups -OCH3 is 1. The van der Waals surface area contributed by atoms with E-state index >= 15 is 0 Å². The molecule has 0 aliphatic carbocycles. The van der Waals surface area contributed by atoms with Crippen LogP contribution in [0, 0.1) is 6.92 Å². The number of aromatic nitrogens is 2. The van der Waals surface area contributed by atoms with Crippen LogP contribution in [0.4, 0.5) is 0 Å². The van der Waals surface area contributed by atoms with Crippen LogP contribution in [-0.4, -0.2) is 34.6 Å². The molecule has 0 saturated carbocycles. The predicted octanol–water partition coefficient (Wildman–Crippen LogP) is 0.893. The molecule has 1 amide bonds. The number of ether oxygens (including phenoxy) is 1. The lowest BCUT2D eigenvalue weighted by molar-refractivity contribution is -0.122. The molecule has 100 valence electrons. The molecule has 0 saturated heterocycles. The highest BCUT2D eigenvalue weighted by atomic mass is 16.5. The van der Waals surface area contributed by atoms with Crippen LogP contribution < -0.4 is 5.32 Å². The van der Waals surface area contributed by atoms with Crippen LogP contribution in [0.1, 0.15) is 36.6 Å². The number of nitrogens with one attached hydrogen (secondary N) is 1. The van der Waals surface area contributed by atoms with E-state index in [0.717, 1.165) is 6.42 Å². The van der Waals surface area contributed by atoms with Crippen molar-refractivity contribution in [1.82, 2.24) is 14.9 Å². The number of hydrogen-bond donors (Lipinski definition) is 1. The Balaban J connectivity index is 2.80. The second kappa shape index (κ2) is 6.18. The van der Waals surface area contributed by atoms with Gasteiger partial charge < -0.3 is 14.6 Å². The van der Waals surface area contributed by atoms with Crippen molar-refractivity contribution in [2.45, 2.75) is 39.8 Å². The van der Waals surface area contributed by atoms with Crippen molar-refractivity contribution in [2.24, 2.45) is 0 Å². The van der Waals surface area contributed by atoms with Crippen molar-refractivity contribution in [3.63, 3.8) is 0 Å². The minimum Gasteiger partial charge on any atom is -0.464 e. The summed E-state index contributed by atoms with van der Waals surface area (Å²) in [5.41, 5.74) is 0.286. The lowest BCUT2D eigenvalue weighted by Crippen LogP contribution is -2.35. The molecule has 0 bridgehead atoms. The Morgan fingerprint density at radius 1 is 1.56 bits per heavy atom. The zero-order valence-electron chi connectivity index (χ0n) is 11.2. The minimum atomic E-state index is -0.494.